The summed E-state index contributed by atoms with van der Waals surface area (Å²) >= 11 is 7.06. The topological polar surface area (TPSA) is 0 Å². The van der Waals surface area contributed by atoms with Crippen LogP contribution >= 0.6 is 53.4 Å². The lowest BCUT2D eigenvalue weighted by Gasteiger charge is -2.15. The van der Waals surface area contributed by atoms with E-state index in [9.17, 15) is 0 Å². The molecule has 2 aliphatic carbocycles. The molecule has 4 heteroatoms. The van der Waals surface area contributed by atoms with Crippen molar-refractivity contribution in [2.45, 2.75) is 12.8 Å². The molecule has 0 aromatic rings. The lowest BCUT2D eigenvalue weighted by atomic mass is 10.0. The number of hydrogen-bond donors (Lipinski definition) is 0. The largest absolute Gasteiger partial charge is 0.0922 e. The van der Waals surface area contributed by atoms with E-state index >= 15 is 0 Å². The SMILES string of the molecule is BrCC1C=CC(SSC2=CCC(CBr)C=C2)=CC1. The van der Waals surface area contributed by atoms with Crippen LogP contribution in [-0.2, 0) is 0 Å². The Morgan fingerprint density at radius 3 is 1.61 bits per heavy atom. The van der Waals surface area contributed by atoms with Crippen molar-refractivity contribution >= 4 is 53.4 Å². The van der Waals surface area contributed by atoms with Crippen molar-refractivity contribution in [2.75, 3.05) is 10.7 Å². The van der Waals surface area contributed by atoms with Crippen molar-refractivity contribution in [3.63, 3.8) is 0 Å². The highest BCUT2D eigenvalue weighted by Gasteiger charge is 2.10. The van der Waals surface area contributed by atoms with Crippen LogP contribution < -0.4 is 0 Å². The average Bonchev–Trinajstić information content (AvgIpc) is 2.46. The Morgan fingerprint density at radius 2 is 1.33 bits per heavy atom. The molecule has 0 fully saturated rings. The van der Waals surface area contributed by atoms with E-state index in [0.717, 1.165) is 23.5 Å². The molecule has 18 heavy (non-hydrogen) atoms. The Morgan fingerprint density at radius 1 is 0.889 bits per heavy atom. The van der Waals surface area contributed by atoms with E-state index in [1.54, 1.807) is 0 Å². The molecule has 0 nitrogen and oxygen atoms in total. The van der Waals surface area contributed by atoms with Gasteiger partial charge in [-0.3, -0.25) is 0 Å². The molecule has 0 spiro atoms. The maximum atomic E-state index is 3.53. The summed E-state index contributed by atoms with van der Waals surface area (Å²) in [5.74, 6) is 1.35. The molecular formula is C14H16Br2S2. The first-order valence-corrected chi connectivity index (χ1v) is 10.4. The smallest absolute Gasteiger partial charge is 0.0143 e. The third kappa shape index (κ3) is 4.62. The van der Waals surface area contributed by atoms with E-state index in [0.29, 0.717) is 11.8 Å². The summed E-state index contributed by atoms with van der Waals surface area (Å²) in [5.41, 5.74) is 0. The van der Waals surface area contributed by atoms with Gasteiger partial charge in [-0.2, -0.15) is 0 Å². The lowest BCUT2D eigenvalue weighted by Crippen LogP contribution is -2.00. The zero-order chi connectivity index (χ0) is 12.8. The van der Waals surface area contributed by atoms with Crippen LogP contribution in [0.15, 0.2) is 46.3 Å². The quantitative estimate of drug-likeness (QED) is 0.400. The van der Waals surface area contributed by atoms with Crippen LogP contribution in [0.25, 0.3) is 0 Å². The molecule has 0 N–H and O–H groups in total. The summed E-state index contributed by atoms with van der Waals surface area (Å²) in [5, 5.41) is 2.12. The van der Waals surface area contributed by atoms with Crippen LogP contribution in [0.3, 0.4) is 0 Å². The lowest BCUT2D eigenvalue weighted by molar-refractivity contribution is 0.753. The molecule has 0 saturated carbocycles. The number of allylic oxidation sites excluding steroid dienone is 6. The zero-order valence-electron chi connectivity index (χ0n) is 10.0. The summed E-state index contributed by atoms with van der Waals surface area (Å²) in [7, 11) is 3.74. The van der Waals surface area contributed by atoms with Gasteiger partial charge in [0.25, 0.3) is 0 Å². The first-order valence-electron chi connectivity index (χ1n) is 6.05. The molecule has 0 saturated heterocycles. The normalized spacial score (nSPS) is 27.0. The Hall–Kier alpha value is 0.620. The Labute approximate surface area is 134 Å². The first-order chi connectivity index (χ1) is 8.81. The molecule has 0 amide bonds. The van der Waals surface area contributed by atoms with Crippen LogP contribution in [0, 0.1) is 11.8 Å². The average molecular weight is 408 g/mol. The third-order valence-corrected chi connectivity index (χ3v) is 7.08. The molecule has 98 valence electrons. The van der Waals surface area contributed by atoms with Gasteiger partial charge in [-0.15, -0.1) is 0 Å². The van der Waals surface area contributed by atoms with Crippen molar-refractivity contribution in [2.24, 2.45) is 11.8 Å². The van der Waals surface area contributed by atoms with Gasteiger partial charge in [0, 0.05) is 20.5 Å². The molecule has 0 heterocycles. The zero-order valence-corrected chi connectivity index (χ0v) is 14.8. The summed E-state index contributed by atoms with van der Waals surface area (Å²) in [6.45, 7) is 0. The number of hydrogen-bond acceptors (Lipinski definition) is 2. The summed E-state index contributed by atoms with van der Waals surface area (Å²) in [6.07, 6.45) is 16.1. The standard InChI is InChI=1S/C14H16Br2S2/c15-9-11-1-5-13(6-2-11)17-18-14-7-3-12(10-16)4-8-14/h1,3,5-8,11-12H,2,4,9-10H2. The number of rotatable bonds is 5. The minimum Gasteiger partial charge on any atom is -0.0922 e. The highest BCUT2D eigenvalue weighted by molar-refractivity contribution is 9.09. The summed E-state index contributed by atoms with van der Waals surface area (Å²) in [6, 6.07) is 0. The van der Waals surface area contributed by atoms with Gasteiger partial charge in [-0.05, 0) is 24.7 Å². The van der Waals surface area contributed by atoms with Gasteiger partial charge in [-0.25, -0.2) is 0 Å². The van der Waals surface area contributed by atoms with E-state index in [1.165, 1.54) is 9.81 Å². The Bertz CT molecular complexity index is 359. The molecular weight excluding hydrogens is 392 g/mol. The van der Waals surface area contributed by atoms with Crippen molar-refractivity contribution in [3.05, 3.63) is 46.3 Å². The molecule has 0 aromatic heterocycles. The van der Waals surface area contributed by atoms with E-state index in [2.05, 4.69) is 68.3 Å². The van der Waals surface area contributed by atoms with Gasteiger partial charge in [0.05, 0.1) is 0 Å². The highest BCUT2D eigenvalue weighted by Crippen LogP contribution is 2.41. The van der Waals surface area contributed by atoms with E-state index in [4.69, 9.17) is 0 Å². The maximum absolute atomic E-state index is 3.53. The second-order valence-corrected chi connectivity index (χ2v) is 7.97. The fourth-order valence-electron chi connectivity index (χ4n) is 1.74. The minimum absolute atomic E-state index is 0.674. The fraction of sp³-hybridized carbons (Fsp3) is 0.429. The highest BCUT2D eigenvalue weighted by atomic mass is 79.9. The van der Waals surface area contributed by atoms with Crippen molar-refractivity contribution in [3.8, 4) is 0 Å². The molecule has 2 atom stereocenters. The van der Waals surface area contributed by atoms with Crippen LogP contribution in [0.5, 0.6) is 0 Å². The van der Waals surface area contributed by atoms with Gasteiger partial charge in [0.15, 0.2) is 0 Å². The van der Waals surface area contributed by atoms with Gasteiger partial charge in [0.1, 0.15) is 0 Å². The molecule has 0 radical (unpaired) electrons. The maximum Gasteiger partial charge on any atom is 0.0143 e. The summed E-state index contributed by atoms with van der Waals surface area (Å²) in [4.78, 5) is 2.77. The molecule has 2 rings (SSSR count). The minimum atomic E-state index is 0.674. The summed E-state index contributed by atoms with van der Waals surface area (Å²) < 4.78 is 0. The van der Waals surface area contributed by atoms with Crippen molar-refractivity contribution in [1.82, 2.24) is 0 Å². The van der Waals surface area contributed by atoms with Gasteiger partial charge in [0.2, 0.25) is 0 Å². The monoisotopic (exact) mass is 406 g/mol. The van der Waals surface area contributed by atoms with E-state index < -0.39 is 0 Å². The Kier molecular flexibility index (Phi) is 6.70. The van der Waals surface area contributed by atoms with Crippen molar-refractivity contribution < 1.29 is 0 Å². The van der Waals surface area contributed by atoms with Gasteiger partial charge >= 0.3 is 0 Å². The van der Waals surface area contributed by atoms with Gasteiger partial charge < -0.3 is 0 Å². The van der Waals surface area contributed by atoms with Crippen LogP contribution in [0.4, 0.5) is 0 Å². The second kappa shape index (κ2) is 8.03. The van der Waals surface area contributed by atoms with Gasteiger partial charge in [-0.1, -0.05) is 89.9 Å². The molecule has 0 aliphatic heterocycles. The number of halogens is 2. The van der Waals surface area contributed by atoms with Crippen molar-refractivity contribution in [1.29, 1.82) is 0 Å². The predicted molar refractivity (Wildman–Crippen MR) is 93.4 cm³/mol. The Balaban J connectivity index is 1.77. The first kappa shape index (κ1) is 15.0. The molecule has 0 aromatic carbocycles. The second-order valence-electron chi connectivity index (χ2n) is 4.40. The van der Waals surface area contributed by atoms with Crippen LogP contribution in [0.2, 0.25) is 0 Å². The molecule has 2 aliphatic rings. The van der Waals surface area contributed by atoms with Crippen LogP contribution in [-0.4, -0.2) is 10.7 Å². The molecule has 0 bridgehead atoms. The third-order valence-electron chi connectivity index (χ3n) is 2.94. The fourth-order valence-corrected chi connectivity index (χ4v) is 4.81. The van der Waals surface area contributed by atoms with Crippen LogP contribution in [0.1, 0.15) is 12.8 Å². The molecule has 2 unspecified atom stereocenters. The van der Waals surface area contributed by atoms with E-state index in [1.807, 2.05) is 21.6 Å². The van der Waals surface area contributed by atoms with E-state index in [-0.39, 0.29) is 0 Å². The predicted octanol–water partition coefficient (Wildman–Crippen LogP) is 6.08. The number of alkyl halides is 2.